The summed E-state index contributed by atoms with van der Waals surface area (Å²) in [6.07, 6.45) is 4.26. The molecular formula is C27H34NO6+. The molecule has 3 rings (SSSR count). The molecule has 34 heavy (non-hydrogen) atoms. The van der Waals surface area contributed by atoms with Gasteiger partial charge in [0, 0.05) is 37.0 Å². The van der Waals surface area contributed by atoms with Crippen LogP contribution in [0, 0.1) is 6.92 Å². The van der Waals surface area contributed by atoms with Crippen LogP contribution in [0.4, 0.5) is 0 Å². The summed E-state index contributed by atoms with van der Waals surface area (Å²) < 4.78 is 16.9. The minimum Gasteiger partial charge on any atom is -0.493 e. The van der Waals surface area contributed by atoms with Crippen molar-refractivity contribution >= 4 is 11.9 Å². The predicted octanol–water partition coefficient (Wildman–Crippen LogP) is 3.87. The van der Waals surface area contributed by atoms with Crippen LogP contribution in [0.1, 0.15) is 34.7 Å². The summed E-state index contributed by atoms with van der Waals surface area (Å²) in [5, 5.41) is 8.64. The van der Waals surface area contributed by atoms with Crippen molar-refractivity contribution < 1.29 is 33.4 Å². The molecule has 1 aliphatic rings. The Morgan fingerprint density at radius 2 is 1.85 bits per heavy atom. The number of carboxylic acid groups (broad SMARTS) is 1. The number of hydrogen-bond acceptors (Lipinski definition) is 5. The van der Waals surface area contributed by atoms with Crippen LogP contribution in [-0.2, 0) is 27.2 Å². The van der Waals surface area contributed by atoms with E-state index in [1.54, 1.807) is 14.2 Å². The second-order valence-corrected chi connectivity index (χ2v) is 8.98. The van der Waals surface area contributed by atoms with Gasteiger partial charge in [0.25, 0.3) is 0 Å². The molecule has 7 nitrogen and oxygen atoms in total. The van der Waals surface area contributed by atoms with E-state index < -0.39 is 11.9 Å². The van der Waals surface area contributed by atoms with Crippen molar-refractivity contribution in [2.45, 2.75) is 32.2 Å². The lowest BCUT2D eigenvalue weighted by molar-refractivity contribution is -0.941. The van der Waals surface area contributed by atoms with Crippen molar-refractivity contribution in [2.24, 2.45) is 0 Å². The summed E-state index contributed by atoms with van der Waals surface area (Å²) in [6, 6.07) is 13.0. The van der Waals surface area contributed by atoms with Crippen LogP contribution >= 0.6 is 0 Å². The van der Waals surface area contributed by atoms with Gasteiger partial charge in [-0.1, -0.05) is 29.8 Å². The largest absolute Gasteiger partial charge is 0.493 e. The second-order valence-electron chi connectivity index (χ2n) is 8.98. The Balaban J connectivity index is 1.79. The molecule has 1 heterocycles. The van der Waals surface area contributed by atoms with E-state index in [1.165, 1.54) is 22.3 Å². The first-order valence-corrected chi connectivity index (χ1v) is 11.5. The minimum atomic E-state index is -1.17. The van der Waals surface area contributed by atoms with Crippen LogP contribution in [0.25, 0.3) is 0 Å². The molecule has 0 aliphatic carbocycles. The SMILES string of the molecule is COc1ccc(C[C@@H]2c3ccc(C)cc3CC[N@@+]2(C)CCCOC(=O)/C=C\C(=O)O)cc1OC. The van der Waals surface area contributed by atoms with Crippen molar-refractivity contribution in [1.82, 2.24) is 0 Å². The van der Waals surface area contributed by atoms with E-state index in [2.05, 4.69) is 38.2 Å². The predicted molar refractivity (Wildman–Crippen MR) is 129 cm³/mol. The molecule has 0 aromatic heterocycles. The fourth-order valence-corrected chi connectivity index (χ4v) is 4.76. The maximum absolute atomic E-state index is 11.7. The Kier molecular flexibility index (Phi) is 8.34. The molecule has 0 saturated heterocycles. The molecule has 1 aliphatic heterocycles. The second kappa shape index (κ2) is 11.2. The van der Waals surface area contributed by atoms with Crippen molar-refractivity contribution in [3.63, 3.8) is 0 Å². The third kappa shape index (κ3) is 6.17. The number of aliphatic carboxylic acids is 1. The minimum absolute atomic E-state index is 0.241. The Labute approximate surface area is 201 Å². The van der Waals surface area contributed by atoms with Crippen LogP contribution in [0.5, 0.6) is 11.5 Å². The zero-order valence-corrected chi connectivity index (χ0v) is 20.4. The number of esters is 1. The Bertz CT molecular complexity index is 1060. The Morgan fingerprint density at radius 3 is 2.56 bits per heavy atom. The number of methoxy groups -OCH3 is 2. The van der Waals surface area contributed by atoms with E-state index in [0.29, 0.717) is 12.2 Å². The number of hydrogen-bond donors (Lipinski definition) is 1. The topological polar surface area (TPSA) is 82.1 Å². The van der Waals surface area contributed by atoms with Gasteiger partial charge in [0.15, 0.2) is 11.5 Å². The van der Waals surface area contributed by atoms with Gasteiger partial charge >= 0.3 is 11.9 Å². The first-order valence-electron chi connectivity index (χ1n) is 11.5. The van der Waals surface area contributed by atoms with Crippen molar-refractivity contribution in [2.75, 3.05) is 41.0 Å². The van der Waals surface area contributed by atoms with Gasteiger partial charge in [-0.05, 0) is 30.2 Å². The molecule has 2 aromatic rings. The lowest BCUT2D eigenvalue weighted by atomic mass is 9.85. The van der Waals surface area contributed by atoms with Crippen LogP contribution in [-0.4, -0.2) is 62.5 Å². The Hall–Kier alpha value is -3.32. The average molecular weight is 469 g/mol. The fraction of sp³-hybridized carbons (Fsp3) is 0.407. The normalized spacial score (nSPS) is 19.5. The highest BCUT2D eigenvalue weighted by molar-refractivity contribution is 5.90. The molecule has 182 valence electrons. The maximum atomic E-state index is 11.7. The lowest BCUT2D eigenvalue weighted by Gasteiger charge is -2.46. The standard InChI is InChI=1S/C27H33NO6/c1-19-6-8-22-21(16-19)12-14-28(2,13-5-15-34-27(31)11-10-26(29)30)23(22)17-20-7-9-24(32-3)25(18-20)33-4/h6-11,16,18,23H,5,12-15,17H2,1-4H3/p+1/b11-10-/t23-,28-/m1/s1. The fourth-order valence-electron chi connectivity index (χ4n) is 4.76. The number of fused-ring (bicyclic) bond motifs is 1. The molecule has 7 heteroatoms. The molecule has 0 amide bonds. The van der Waals surface area contributed by atoms with Gasteiger partial charge in [-0.25, -0.2) is 9.59 Å². The Morgan fingerprint density at radius 1 is 1.09 bits per heavy atom. The number of rotatable bonds is 10. The van der Waals surface area contributed by atoms with Crippen LogP contribution < -0.4 is 9.47 Å². The smallest absolute Gasteiger partial charge is 0.331 e. The van der Waals surface area contributed by atoms with Gasteiger partial charge in [-0.3, -0.25) is 0 Å². The molecule has 0 unspecified atom stereocenters. The highest BCUT2D eigenvalue weighted by Crippen LogP contribution is 2.39. The molecule has 1 N–H and O–H groups in total. The zero-order chi connectivity index (χ0) is 24.7. The highest BCUT2D eigenvalue weighted by atomic mass is 16.5. The summed E-state index contributed by atoms with van der Waals surface area (Å²) in [7, 11) is 5.54. The first-order chi connectivity index (χ1) is 16.3. The number of carboxylic acids is 1. The van der Waals surface area contributed by atoms with E-state index in [9.17, 15) is 9.59 Å². The van der Waals surface area contributed by atoms with Crippen LogP contribution in [0.3, 0.4) is 0 Å². The van der Waals surface area contributed by atoms with Gasteiger partial charge in [0.2, 0.25) is 0 Å². The quantitative estimate of drug-likeness (QED) is 0.247. The number of likely N-dealkylation sites (N-methyl/N-ethyl adjacent to an activating group) is 1. The van der Waals surface area contributed by atoms with Gasteiger partial charge < -0.3 is 23.8 Å². The molecule has 0 fully saturated rings. The first kappa shape index (κ1) is 25.3. The highest BCUT2D eigenvalue weighted by Gasteiger charge is 2.38. The van der Waals surface area contributed by atoms with Crippen molar-refractivity contribution in [3.8, 4) is 11.5 Å². The molecule has 2 aromatic carbocycles. The number of nitrogens with zero attached hydrogens (tertiary/aromatic N) is 1. The molecule has 2 atom stereocenters. The number of carbonyl (C=O) groups is 2. The van der Waals surface area contributed by atoms with E-state index in [-0.39, 0.29) is 12.6 Å². The summed E-state index contributed by atoms with van der Waals surface area (Å²) in [6.45, 7) is 4.20. The monoisotopic (exact) mass is 468 g/mol. The van der Waals surface area contributed by atoms with Gasteiger partial charge in [0.1, 0.15) is 6.04 Å². The van der Waals surface area contributed by atoms with E-state index in [0.717, 1.165) is 48.3 Å². The van der Waals surface area contributed by atoms with E-state index in [1.807, 2.05) is 12.1 Å². The number of ether oxygens (including phenoxy) is 3. The number of carbonyl (C=O) groups excluding carboxylic acids is 1. The van der Waals surface area contributed by atoms with Crippen molar-refractivity contribution in [1.29, 1.82) is 0 Å². The third-order valence-corrected chi connectivity index (χ3v) is 6.60. The summed E-state index contributed by atoms with van der Waals surface area (Å²) >= 11 is 0. The van der Waals surface area contributed by atoms with Crippen LogP contribution in [0.15, 0.2) is 48.6 Å². The maximum Gasteiger partial charge on any atom is 0.331 e. The van der Waals surface area contributed by atoms with E-state index in [4.69, 9.17) is 19.3 Å². The number of benzene rings is 2. The number of quaternary nitrogens is 1. The average Bonchev–Trinajstić information content (AvgIpc) is 2.82. The van der Waals surface area contributed by atoms with E-state index >= 15 is 0 Å². The molecule has 0 bridgehead atoms. The zero-order valence-electron chi connectivity index (χ0n) is 20.4. The van der Waals surface area contributed by atoms with Gasteiger partial charge in [0.05, 0.1) is 41.0 Å². The molecular weight excluding hydrogens is 434 g/mol. The third-order valence-electron chi connectivity index (χ3n) is 6.60. The molecule has 0 spiro atoms. The van der Waals surface area contributed by atoms with Crippen LogP contribution in [0.2, 0.25) is 0 Å². The van der Waals surface area contributed by atoms with Crippen molar-refractivity contribution in [3.05, 3.63) is 70.8 Å². The summed E-state index contributed by atoms with van der Waals surface area (Å²) in [4.78, 5) is 22.2. The molecule has 0 radical (unpaired) electrons. The van der Waals surface area contributed by atoms with Gasteiger partial charge in [-0.15, -0.1) is 0 Å². The van der Waals surface area contributed by atoms with Gasteiger partial charge in [-0.2, -0.15) is 0 Å². The lowest BCUT2D eigenvalue weighted by Crippen LogP contribution is -2.52. The summed E-state index contributed by atoms with van der Waals surface area (Å²) in [5.74, 6) is -0.376. The summed E-state index contributed by atoms with van der Waals surface area (Å²) in [5.41, 5.74) is 5.19. The molecule has 0 saturated carbocycles. The number of aryl methyl sites for hydroxylation is 1.